The van der Waals surface area contributed by atoms with Crippen molar-refractivity contribution in [1.29, 1.82) is 0 Å². The van der Waals surface area contributed by atoms with Crippen LogP contribution in [0.15, 0.2) is 35.0 Å². The molecule has 1 heterocycles. The van der Waals surface area contributed by atoms with Crippen molar-refractivity contribution < 1.29 is 24.6 Å². The minimum atomic E-state index is -1.72. The Bertz CT molecular complexity index is 680. The lowest BCUT2D eigenvalue weighted by Gasteiger charge is -2.05. The van der Waals surface area contributed by atoms with Crippen molar-refractivity contribution in [3.8, 4) is 0 Å². The first-order chi connectivity index (χ1) is 10.4. The number of nitrogens with zero attached hydrogens (tertiary/aromatic N) is 1. The number of carbonyl (C=O) groups is 3. The zero-order valence-corrected chi connectivity index (χ0v) is 12.3. The summed E-state index contributed by atoms with van der Waals surface area (Å²) in [6.45, 7) is 1.93. The number of thioether (sulfide) groups is 1. The van der Waals surface area contributed by atoms with Crippen LogP contribution in [0, 0.1) is 6.92 Å². The fourth-order valence-electron chi connectivity index (χ4n) is 1.64. The van der Waals surface area contributed by atoms with E-state index in [1.165, 1.54) is 0 Å². The lowest BCUT2D eigenvalue weighted by Crippen LogP contribution is -2.31. The number of amides is 1. The highest BCUT2D eigenvalue weighted by Crippen LogP contribution is 2.20. The molecule has 8 heteroatoms. The molecule has 3 N–H and O–H groups in total. The van der Waals surface area contributed by atoms with Crippen LogP contribution in [-0.2, 0) is 14.4 Å². The van der Waals surface area contributed by atoms with Gasteiger partial charge >= 0.3 is 11.9 Å². The quantitative estimate of drug-likeness (QED) is 0.565. The average Bonchev–Trinajstić information content (AvgIpc) is 2.78. The molecule has 22 heavy (non-hydrogen) atoms. The predicted octanol–water partition coefficient (Wildman–Crippen LogP) is 1.09. The highest BCUT2D eigenvalue weighted by atomic mass is 32.2. The van der Waals surface area contributed by atoms with E-state index in [0.717, 1.165) is 11.1 Å². The maximum absolute atomic E-state index is 11.8. The number of benzene rings is 1. The predicted molar refractivity (Wildman–Crippen MR) is 81.4 cm³/mol. The molecule has 0 aliphatic carbocycles. The van der Waals surface area contributed by atoms with E-state index in [1.54, 1.807) is 6.08 Å². The molecule has 1 aromatic rings. The first kappa shape index (κ1) is 15.8. The standard InChI is InChI=1S/C14H12N2O5S/c1-7-2-4-8(5-3-7)6-9-11(17)16-14(15-9)22-10(12(18)19)13(20)21/h2-6,10H,1H3,(H,18,19)(H,20,21)(H,15,16,17)/b9-6-. The van der Waals surface area contributed by atoms with Crippen LogP contribution in [0.25, 0.3) is 6.08 Å². The van der Waals surface area contributed by atoms with Crippen LogP contribution in [0.4, 0.5) is 0 Å². The van der Waals surface area contributed by atoms with Crippen molar-refractivity contribution in [2.45, 2.75) is 12.2 Å². The maximum atomic E-state index is 11.8. The Balaban J connectivity index is 2.19. The van der Waals surface area contributed by atoms with Crippen LogP contribution >= 0.6 is 11.8 Å². The second-order valence-corrected chi connectivity index (χ2v) is 5.58. The van der Waals surface area contributed by atoms with Crippen LogP contribution in [0.3, 0.4) is 0 Å². The van der Waals surface area contributed by atoms with E-state index in [2.05, 4.69) is 10.3 Å². The Morgan fingerprint density at radius 3 is 2.36 bits per heavy atom. The molecule has 0 saturated carbocycles. The zero-order valence-electron chi connectivity index (χ0n) is 11.4. The van der Waals surface area contributed by atoms with Crippen molar-refractivity contribution in [2.24, 2.45) is 4.99 Å². The molecule has 1 aromatic carbocycles. The summed E-state index contributed by atoms with van der Waals surface area (Å²) in [7, 11) is 0. The summed E-state index contributed by atoms with van der Waals surface area (Å²) in [5, 5.41) is 18.2. The summed E-state index contributed by atoms with van der Waals surface area (Å²) >= 11 is 0.467. The van der Waals surface area contributed by atoms with Crippen molar-refractivity contribution in [2.75, 3.05) is 0 Å². The second kappa shape index (κ2) is 6.44. The van der Waals surface area contributed by atoms with Gasteiger partial charge < -0.3 is 10.2 Å². The summed E-state index contributed by atoms with van der Waals surface area (Å²) < 4.78 is 0. The summed E-state index contributed by atoms with van der Waals surface area (Å²) in [6.07, 6.45) is 1.54. The van der Waals surface area contributed by atoms with E-state index in [4.69, 9.17) is 10.2 Å². The number of carboxylic acid groups (broad SMARTS) is 2. The number of aryl methyl sites for hydroxylation is 1. The van der Waals surface area contributed by atoms with Crippen molar-refractivity contribution in [3.05, 3.63) is 41.1 Å². The number of amidine groups is 1. The van der Waals surface area contributed by atoms with Crippen LogP contribution in [0.5, 0.6) is 0 Å². The Hall–Kier alpha value is -2.61. The van der Waals surface area contributed by atoms with Gasteiger partial charge in [-0.15, -0.1) is 0 Å². The summed E-state index contributed by atoms with van der Waals surface area (Å²) in [5.74, 6) is -3.52. The Morgan fingerprint density at radius 1 is 1.23 bits per heavy atom. The van der Waals surface area contributed by atoms with E-state index in [-0.39, 0.29) is 10.9 Å². The van der Waals surface area contributed by atoms with Crippen LogP contribution in [0.2, 0.25) is 0 Å². The molecule has 0 unspecified atom stereocenters. The van der Waals surface area contributed by atoms with Gasteiger partial charge in [-0.25, -0.2) is 4.99 Å². The van der Waals surface area contributed by atoms with Crippen molar-refractivity contribution >= 4 is 40.9 Å². The third-order valence-corrected chi connectivity index (χ3v) is 3.79. The number of hydrogen-bond donors (Lipinski definition) is 3. The molecule has 0 spiro atoms. The smallest absolute Gasteiger partial charge is 0.328 e. The first-order valence-corrected chi connectivity index (χ1v) is 7.05. The molecule has 1 amide bonds. The number of carboxylic acids is 2. The molecule has 0 aromatic heterocycles. The van der Waals surface area contributed by atoms with Gasteiger partial charge in [-0.2, -0.15) is 0 Å². The monoisotopic (exact) mass is 320 g/mol. The lowest BCUT2D eigenvalue weighted by atomic mass is 10.1. The highest BCUT2D eigenvalue weighted by molar-refractivity contribution is 8.15. The zero-order chi connectivity index (χ0) is 16.3. The number of carbonyl (C=O) groups excluding carboxylic acids is 1. The number of aliphatic carboxylic acids is 2. The van der Waals surface area contributed by atoms with E-state index in [0.29, 0.717) is 11.8 Å². The van der Waals surface area contributed by atoms with E-state index in [9.17, 15) is 14.4 Å². The van der Waals surface area contributed by atoms with Gasteiger partial charge in [0.2, 0.25) is 5.25 Å². The Kier molecular flexibility index (Phi) is 4.62. The fraction of sp³-hybridized carbons (Fsp3) is 0.143. The van der Waals surface area contributed by atoms with Gasteiger partial charge in [-0.1, -0.05) is 41.6 Å². The van der Waals surface area contributed by atoms with E-state index < -0.39 is 23.1 Å². The molecule has 1 aliphatic rings. The molecule has 2 rings (SSSR count). The van der Waals surface area contributed by atoms with Gasteiger partial charge in [0.15, 0.2) is 5.17 Å². The summed E-state index contributed by atoms with van der Waals surface area (Å²) in [4.78, 5) is 37.4. The normalized spacial score (nSPS) is 15.8. The molecular formula is C14H12N2O5S. The minimum Gasteiger partial charge on any atom is -0.480 e. The Labute approximate surface area is 129 Å². The highest BCUT2D eigenvalue weighted by Gasteiger charge is 2.31. The second-order valence-electron chi connectivity index (χ2n) is 4.49. The van der Waals surface area contributed by atoms with Gasteiger partial charge in [-0.3, -0.25) is 19.7 Å². The van der Waals surface area contributed by atoms with Gasteiger partial charge in [-0.05, 0) is 18.6 Å². The minimum absolute atomic E-state index is 0.0434. The summed E-state index contributed by atoms with van der Waals surface area (Å²) in [5.41, 5.74) is 1.93. The SMILES string of the molecule is Cc1ccc(/C=C2\N=C(SC(C(=O)O)C(=O)O)NC2=O)cc1. The van der Waals surface area contributed by atoms with Gasteiger partial charge in [0.25, 0.3) is 5.91 Å². The van der Waals surface area contributed by atoms with Crippen molar-refractivity contribution in [1.82, 2.24) is 5.32 Å². The van der Waals surface area contributed by atoms with E-state index >= 15 is 0 Å². The average molecular weight is 320 g/mol. The van der Waals surface area contributed by atoms with Gasteiger partial charge in [0.05, 0.1) is 0 Å². The molecule has 0 radical (unpaired) electrons. The molecular weight excluding hydrogens is 308 g/mol. The number of aliphatic imine (C=N–C) groups is 1. The molecule has 0 saturated heterocycles. The van der Waals surface area contributed by atoms with Crippen molar-refractivity contribution in [3.63, 3.8) is 0 Å². The Morgan fingerprint density at radius 2 is 1.82 bits per heavy atom. The number of hydrogen-bond acceptors (Lipinski definition) is 5. The molecule has 1 aliphatic heterocycles. The van der Waals surface area contributed by atoms with Crippen LogP contribution in [0.1, 0.15) is 11.1 Å². The fourth-order valence-corrected chi connectivity index (χ4v) is 2.37. The van der Waals surface area contributed by atoms with Crippen LogP contribution < -0.4 is 5.32 Å². The van der Waals surface area contributed by atoms with E-state index in [1.807, 2.05) is 31.2 Å². The molecule has 0 bridgehead atoms. The van der Waals surface area contributed by atoms with Crippen LogP contribution in [-0.4, -0.2) is 38.5 Å². The van der Waals surface area contributed by atoms with Gasteiger partial charge in [0, 0.05) is 0 Å². The van der Waals surface area contributed by atoms with Gasteiger partial charge in [0.1, 0.15) is 5.70 Å². The maximum Gasteiger partial charge on any atom is 0.328 e. The third-order valence-electron chi connectivity index (χ3n) is 2.73. The molecule has 114 valence electrons. The summed E-state index contributed by atoms with van der Waals surface area (Å²) in [6, 6.07) is 7.38. The third kappa shape index (κ3) is 3.73. The topological polar surface area (TPSA) is 116 Å². The number of nitrogens with one attached hydrogen (secondary N) is 1. The first-order valence-electron chi connectivity index (χ1n) is 6.17. The molecule has 0 fully saturated rings. The largest absolute Gasteiger partial charge is 0.480 e. The number of rotatable bonds is 4. The molecule has 7 nitrogen and oxygen atoms in total. The lowest BCUT2D eigenvalue weighted by molar-refractivity contribution is -0.146. The molecule has 0 atom stereocenters.